The van der Waals surface area contributed by atoms with E-state index in [0.29, 0.717) is 15.8 Å². The molecule has 1 heterocycles. The highest BCUT2D eigenvalue weighted by Crippen LogP contribution is 2.24. The van der Waals surface area contributed by atoms with Crippen LogP contribution in [0.1, 0.15) is 15.9 Å². The fraction of sp³-hybridized carbons (Fsp3) is 0.143. The molecule has 0 saturated carbocycles. The summed E-state index contributed by atoms with van der Waals surface area (Å²) in [6.07, 6.45) is 0. The first-order valence-corrected chi connectivity index (χ1v) is 7.22. The number of halogens is 1. The van der Waals surface area contributed by atoms with E-state index in [1.165, 1.54) is 6.07 Å². The van der Waals surface area contributed by atoms with Gasteiger partial charge in [-0.3, -0.25) is 4.79 Å². The Morgan fingerprint density at radius 1 is 1.38 bits per heavy atom. The van der Waals surface area contributed by atoms with Crippen molar-refractivity contribution in [3.05, 3.63) is 45.8 Å². The molecule has 0 aliphatic rings. The summed E-state index contributed by atoms with van der Waals surface area (Å²) in [6.45, 7) is 1.61. The molecule has 2 rings (SSSR count). The van der Waals surface area contributed by atoms with Crippen LogP contribution in [0.4, 0.5) is 5.00 Å². The topological polar surface area (TPSA) is 75.6 Å². The number of benzene rings is 1. The zero-order chi connectivity index (χ0) is 15.4. The first-order chi connectivity index (χ1) is 9.97. The Hall–Kier alpha value is -2.05. The summed E-state index contributed by atoms with van der Waals surface area (Å²) < 4.78 is 5.39. The fourth-order valence-corrected chi connectivity index (χ4v) is 2.68. The van der Waals surface area contributed by atoms with Crippen molar-refractivity contribution in [3.63, 3.8) is 0 Å². The minimum Gasteiger partial charge on any atom is -0.483 e. The average Bonchev–Trinajstić information content (AvgIpc) is 2.86. The third kappa shape index (κ3) is 3.96. The van der Waals surface area contributed by atoms with Crippen molar-refractivity contribution in [3.8, 4) is 5.75 Å². The van der Waals surface area contributed by atoms with Crippen LogP contribution in [0.2, 0.25) is 5.02 Å². The number of hydrogen-bond donors (Lipinski definition) is 2. The highest BCUT2D eigenvalue weighted by Gasteiger charge is 2.14. The van der Waals surface area contributed by atoms with Crippen molar-refractivity contribution < 1.29 is 19.4 Å². The standard InChI is InChI=1S/C14H12ClNO4S/c1-8-6-9(15)2-3-11(8)20-7-12(17)16-13-10(14(18)19)4-5-21-13/h2-6H,7H2,1H3,(H,16,17)(H,18,19). The minimum atomic E-state index is -1.08. The normalized spacial score (nSPS) is 10.2. The van der Waals surface area contributed by atoms with E-state index in [4.69, 9.17) is 21.4 Å². The Labute approximate surface area is 130 Å². The first-order valence-electron chi connectivity index (χ1n) is 5.97. The Bertz CT molecular complexity index is 683. The van der Waals surface area contributed by atoms with E-state index in [1.807, 2.05) is 6.92 Å². The van der Waals surface area contributed by atoms with Gasteiger partial charge in [-0.2, -0.15) is 0 Å². The van der Waals surface area contributed by atoms with Gasteiger partial charge in [-0.1, -0.05) is 11.6 Å². The lowest BCUT2D eigenvalue weighted by Crippen LogP contribution is -2.20. The summed E-state index contributed by atoms with van der Waals surface area (Å²) in [4.78, 5) is 22.7. The van der Waals surface area contributed by atoms with E-state index in [2.05, 4.69) is 5.32 Å². The van der Waals surface area contributed by atoms with Crippen LogP contribution in [-0.4, -0.2) is 23.6 Å². The van der Waals surface area contributed by atoms with Crippen LogP contribution in [0.5, 0.6) is 5.75 Å². The smallest absolute Gasteiger partial charge is 0.338 e. The number of thiophene rings is 1. The fourth-order valence-electron chi connectivity index (χ4n) is 1.66. The van der Waals surface area contributed by atoms with Crippen LogP contribution < -0.4 is 10.1 Å². The lowest BCUT2D eigenvalue weighted by molar-refractivity contribution is -0.118. The lowest BCUT2D eigenvalue weighted by atomic mass is 10.2. The van der Waals surface area contributed by atoms with E-state index in [1.54, 1.807) is 23.6 Å². The largest absolute Gasteiger partial charge is 0.483 e. The summed E-state index contributed by atoms with van der Waals surface area (Å²) in [6, 6.07) is 6.52. The van der Waals surface area contributed by atoms with Gasteiger partial charge in [-0.15, -0.1) is 11.3 Å². The molecule has 21 heavy (non-hydrogen) atoms. The summed E-state index contributed by atoms with van der Waals surface area (Å²) in [5, 5.41) is 14.0. The Balaban J connectivity index is 1.96. The molecule has 1 amide bonds. The first kappa shape index (κ1) is 15.3. The number of amides is 1. The van der Waals surface area contributed by atoms with Gasteiger partial charge >= 0.3 is 5.97 Å². The molecule has 0 aliphatic carbocycles. The maximum Gasteiger partial charge on any atom is 0.338 e. The predicted octanol–water partition coefficient (Wildman–Crippen LogP) is 3.43. The molecule has 0 spiro atoms. The van der Waals surface area contributed by atoms with Gasteiger partial charge < -0.3 is 15.2 Å². The van der Waals surface area contributed by atoms with Gasteiger partial charge in [0.05, 0.1) is 5.56 Å². The number of rotatable bonds is 5. The number of hydrogen-bond acceptors (Lipinski definition) is 4. The van der Waals surface area contributed by atoms with Crippen molar-refractivity contribution in [1.29, 1.82) is 0 Å². The average molecular weight is 326 g/mol. The van der Waals surface area contributed by atoms with E-state index >= 15 is 0 Å². The van der Waals surface area contributed by atoms with Crippen LogP contribution in [0.3, 0.4) is 0 Å². The third-order valence-electron chi connectivity index (χ3n) is 2.64. The van der Waals surface area contributed by atoms with E-state index in [9.17, 15) is 9.59 Å². The molecule has 0 atom stereocenters. The minimum absolute atomic E-state index is 0.0658. The number of carbonyl (C=O) groups is 2. The molecular formula is C14H12ClNO4S. The molecule has 1 aromatic heterocycles. The predicted molar refractivity (Wildman–Crippen MR) is 81.6 cm³/mol. The Kier molecular flexibility index (Phi) is 4.82. The molecular weight excluding hydrogens is 314 g/mol. The molecule has 0 fully saturated rings. The van der Waals surface area contributed by atoms with Crippen molar-refractivity contribution in [1.82, 2.24) is 0 Å². The second-order valence-corrected chi connectivity index (χ2v) is 5.57. The van der Waals surface area contributed by atoms with Crippen LogP contribution in [0.25, 0.3) is 0 Å². The zero-order valence-electron chi connectivity index (χ0n) is 11.1. The van der Waals surface area contributed by atoms with Crippen molar-refractivity contribution in [2.45, 2.75) is 6.92 Å². The monoisotopic (exact) mass is 325 g/mol. The zero-order valence-corrected chi connectivity index (χ0v) is 12.6. The van der Waals surface area contributed by atoms with Gasteiger partial charge in [0.2, 0.25) is 0 Å². The summed E-state index contributed by atoms with van der Waals surface area (Å²) >= 11 is 6.98. The molecule has 2 N–H and O–H groups in total. The van der Waals surface area contributed by atoms with Gasteiger partial charge in [0.25, 0.3) is 5.91 Å². The molecule has 0 unspecified atom stereocenters. The molecule has 0 aliphatic heterocycles. The summed E-state index contributed by atoms with van der Waals surface area (Å²) in [5.74, 6) is -0.950. The van der Waals surface area contributed by atoms with Crippen LogP contribution in [-0.2, 0) is 4.79 Å². The van der Waals surface area contributed by atoms with Crippen LogP contribution in [0.15, 0.2) is 29.6 Å². The molecule has 0 bridgehead atoms. The Morgan fingerprint density at radius 3 is 2.81 bits per heavy atom. The van der Waals surface area contributed by atoms with Crippen molar-refractivity contribution in [2.24, 2.45) is 0 Å². The molecule has 7 heteroatoms. The van der Waals surface area contributed by atoms with Gasteiger partial charge in [0.1, 0.15) is 10.8 Å². The molecule has 0 saturated heterocycles. The second-order valence-electron chi connectivity index (χ2n) is 4.22. The third-order valence-corrected chi connectivity index (χ3v) is 3.71. The second kappa shape index (κ2) is 6.60. The molecule has 1 aromatic carbocycles. The lowest BCUT2D eigenvalue weighted by Gasteiger charge is -2.09. The number of carbonyl (C=O) groups excluding carboxylic acids is 1. The van der Waals surface area contributed by atoms with Crippen molar-refractivity contribution in [2.75, 3.05) is 11.9 Å². The number of ether oxygens (including phenoxy) is 1. The summed E-state index contributed by atoms with van der Waals surface area (Å²) in [7, 11) is 0. The molecule has 2 aromatic rings. The maximum absolute atomic E-state index is 11.8. The van der Waals surface area contributed by atoms with Crippen LogP contribution >= 0.6 is 22.9 Å². The van der Waals surface area contributed by atoms with E-state index in [-0.39, 0.29) is 12.2 Å². The molecule has 0 radical (unpaired) electrons. The number of aromatic carboxylic acids is 1. The number of carboxylic acid groups (broad SMARTS) is 1. The van der Waals surface area contributed by atoms with Gasteiger partial charge in [-0.25, -0.2) is 4.79 Å². The highest BCUT2D eigenvalue weighted by atomic mass is 35.5. The van der Waals surface area contributed by atoms with Gasteiger partial charge in [0, 0.05) is 5.02 Å². The van der Waals surface area contributed by atoms with E-state index in [0.717, 1.165) is 16.9 Å². The van der Waals surface area contributed by atoms with E-state index < -0.39 is 11.9 Å². The number of carboxylic acids is 1. The van der Waals surface area contributed by atoms with Crippen molar-refractivity contribution >= 4 is 39.8 Å². The number of nitrogens with one attached hydrogen (secondary N) is 1. The SMILES string of the molecule is Cc1cc(Cl)ccc1OCC(=O)Nc1sccc1C(=O)O. The number of aryl methyl sites for hydroxylation is 1. The van der Waals surface area contributed by atoms with Gasteiger partial charge in [0.15, 0.2) is 6.61 Å². The molecule has 5 nitrogen and oxygen atoms in total. The maximum atomic E-state index is 11.8. The Morgan fingerprint density at radius 2 is 2.14 bits per heavy atom. The van der Waals surface area contributed by atoms with Gasteiger partial charge in [-0.05, 0) is 42.1 Å². The number of anilines is 1. The quantitative estimate of drug-likeness (QED) is 0.883. The van der Waals surface area contributed by atoms with Crippen LogP contribution in [0, 0.1) is 6.92 Å². The highest BCUT2D eigenvalue weighted by molar-refractivity contribution is 7.14. The molecule has 110 valence electrons. The summed E-state index contributed by atoms with van der Waals surface area (Å²) in [5.41, 5.74) is 0.883.